The molecular formula is C15H17ClN4OS3. The highest BCUT2D eigenvalue weighted by Gasteiger charge is 2.07. The van der Waals surface area contributed by atoms with E-state index in [1.54, 1.807) is 17.8 Å². The molecule has 0 aliphatic carbocycles. The number of thioether (sulfide) groups is 2. The van der Waals surface area contributed by atoms with Crippen LogP contribution in [-0.4, -0.2) is 40.7 Å². The average Bonchev–Trinajstić information content (AvgIpc) is 3.04. The van der Waals surface area contributed by atoms with Crippen molar-refractivity contribution < 1.29 is 4.79 Å². The molecule has 0 fully saturated rings. The standard InChI is InChI=1S/C15H17ClN4OS3/c1-2-7-18-14-19-20-15(24-14)23-10-13(21)17-8-9-22-12-5-3-11(16)4-6-12/h2-6H,1,7-10H2,(H,17,21)(H,18,19). The molecule has 2 rings (SSSR count). The Morgan fingerprint density at radius 2 is 2.08 bits per heavy atom. The van der Waals surface area contributed by atoms with Crippen molar-refractivity contribution in [3.8, 4) is 0 Å². The molecule has 9 heteroatoms. The van der Waals surface area contributed by atoms with E-state index in [9.17, 15) is 4.79 Å². The number of aromatic nitrogens is 2. The maximum atomic E-state index is 11.8. The molecule has 128 valence electrons. The summed E-state index contributed by atoms with van der Waals surface area (Å²) in [7, 11) is 0. The molecule has 1 aromatic carbocycles. The Bertz CT molecular complexity index is 663. The topological polar surface area (TPSA) is 66.9 Å². The van der Waals surface area contributed by atoms with Gasteiger partial charge in [-0.25, -0.2) is 0 Å². The third-order valence-corrected chi connectivity index (χ3v) is 5.92. The first-order valence-corrected chi connectivity index (χ1v) is 10.3. The first-order valence-electron chi connectivity index (χ1n) is 7.13. The van der Waals surface area contributed by atoms with Gasteiger partial charge in [0.2, 0.25) is 11.0 Å². The van der Waals surface area contributed by atoms with Gasteiger partial charge in [0, 0.05) is 28.8 Å². The van der Waals surface area contributed by atoms with Crippen molar-refractivity contribution in [1.29, 1.82) is 0 Å². The third kappa shape index (κ3) is 7.12. The first kappa shape index (κ1) is 19.1. The van der Waals surface area contributed by atoms with Gasteiger partial charge < -0.3 is 10.6 Å². The van der Waals surface area contributed by atoms with Crippen LogP contribution in [-0.2, 0) is 4.79 Å². The minimum atomic E-state index is -0.00694. The van der Waals surface area contributed by atoms with Gasteiger partial charge in [0.05, 0.1) is 5.75 Å². The largest absolute Gasteiger partial charge is 0.357 e. The number of rotatable bonds is 10. The van der Waals surface area contributed by atoms with Crippen molar-refractivity contribution in [2.24, 2.45) is 0 Å². The van der Waals surface area contributed by atoms with E-state index in [0.29, 0.717) is 18.8 Å². The number of amides is 1. The molecule has 0 aliphatic rings. The van der Waals surface area contributed by atoms with Gasteiger partial charge >= 0.3 is 0 Å². The lowest BCUT2D eigenvalue weighted by Gasteiger charge is -2.04. The molecule has 0 saturated carbocycles. The van der Waals surface area contributed by atoms with Crippen LogP contribution < -0.4 is 10.6 Å². The molecule has 0 spiro atoms. The summed E-state index contributed by atoms with van der Waals surface area (Å²) in [6.45, 7) is 4.89. The van der Waals surface area contributed by atoms with Crippen molar-refractivity contribution in [2.45, 2.75) is 9.24 Å². The quantitative estimate of drug-likeness (QED) is 0.359. The fourth-order valence-corrected chi connectivity index (χ4v) is 4.05. The number of halogens is 1. The van der Waals surface area contributed by atoms with Crippen LogP contribution >= 0.6 is 46.5 Å². The molecule has 0 unspecified atom stereocenters. The van der Waals surface area contributed by atoms with Gasteiger partial charge in [0.1, 0.15) is 0 Å². The Labute approximate surface area is 158 Å². The number of hydrogen-bond donors (Lipinski definition) is 2. The van der Waals surface area contributed by atoms with Crippen molar-refractivity contribution in [1.82, 2.24) is 15.5 Å². The average molecular weight is 401 g/mol. The number of carbonyl (C=O) groups is 1. The lowest BCUT2D eigenvalue weighted by molar-refractivity contribution is -0.118. The zero-order chi connectivity index (χ0) is 17.2. The summed E-state index contributed by atoms with van der Waals surface area (Å²) in [5.74, 6) is 1.14. The molecule has 0 bridgehead atoms. The minimum absolute atomic E-state index is 0.00694. The van der Waals surface area contributed by atoms with Crippen LogP contribution in [0, 0.1) is 0 Å². The Hall–Kier alpha value is -1.22. The molecule has 0 radical (unpaired) electrons. The Morgan fingerprint density at radius 1 is 1.29 bits per heavy atom. The monoisotopic (exact) mass is 400 g/mol. The van der Waals surface area contributed by atoms with Crippen LogP contribution in [0.5, 0.6) is 0 Å². The van der Waals surface area contributed by atoms with Crippen LogP contribution in [0.4, 0.5) is 5.13 Å². The number of anilines is 1. The predicted octanol–water partition coefficient (Wildman–Crippen LogP) is 3.79. The highest BCUT2D eigenvalue weighted by atomic mass is 35.5. The highest BCUT2D eigenvalue weighted by molar-refractivity contribution is 8.01. The summed E-state index contributed by atoms with van der Waals surface area (Å²) < 4.78 is 0.771. The fraction of sp³-hybridized carbons (Fsp3) is 0.267. The van der Waals surface area contributed by atoms with Crippen molar-refractivity contribution in [2.75, 3.05) is 29.9 Å². The summed E-state index contributed by atoms with van der Waals surface area (Å²) in [5, 5.41) is 15.4. The summed E-state index contributed by atoms with van der Waals surface area (Å²) >= 11 is 10.3. The summed E-state index contributed by atoms with van der Waals surface area (Å²) in [6, 6.07) is 7.66. The predicted molar refractivity (Wildman–Crippen MR) is 105 cm³/mol. The van der Waals surface area contributed by atoms with Crippen LogP contribution in [0.25, 0.3) is 0 Å². The van der Waals surface area contributed by atoms with E-state index < -0.39 is 0 Å². The summed E-state index contributed by atoms with van der Waals surface area (Å²) in [4.78, 5) is 13.0. The number of hydrogen-bond acceptors (Lipinski definition) is 7. The molecule has 24 heavy (non-hydrogen) atoms. The van der Waals surface area contributed by atoms with E-state index in [0.717, 1.165) is 25.1 Å². The second-order valence-electron chi connectivity index (χ2n) is 4.48. The molecule has 2 aromatic rings. The number of nitrogens with zero attached hydrogens (tertiary/aromatic N) is 2. The SMILES string of the molecule is C=CCNc1nnc(SCC(=O)NCCSc2ccc(Cl)cc2)s1. The summed E-state index contributed by atoms with van der Waals surface area (Å²) in [6.07, 6.45) is 1.75. The first-order chi connectivity index (χ1) is 11.7. The molecular weight excluding hydrogens is 384 g/mol. The number of benzene rings is 1. The maximum absolute atomic E-state index is 11.8. The van der Waals surface area contributed by atoms with E-state index >= 15 is 0 Å². The van der Waals surface area contributed by atoms with Gasteiger partial charge in [-0.05, 0) is 24.3 Å². The van der Waals surface area contributed by atoms with E-state index in [-0.39, 0.29) is 5.91 Å². The van der Waals surface area contributed by atoms with E-state index in [2.05, 4.69) is 27.4 Å². The molecule has 0 saturated heterocycles. The van der Waals surface area contributed by atoms with Gasteiger partial charge in [0.25, 0.3) is 0 Å². The zero-order valence-corrected chi connectivity index (χ0v) is 16.0. The van der Waals surface area contributed by atoms with Gasteiger partial charge in [-0.15, -0.1) is 28.5 Å². The van der Waals surface area contributed by atoms with Gasteiger partial charge in [0.15, 0.2) is 4.34 Å². The molecule has 1 heterocycles. The van der Waals surface area contributed by atoms with Gasteiger partial charge in [-0.2, -0.15) is 0 Å². The van der Waals surface area contributed by atoms with E-state index in [1.165, 1.54) is 23.1 Å². The van der Waals surface area contributed by atoms with Crippen molar-refractivity contribution in [3.63, 3.8) is 0 Å². The molecule has 0 atom stereocenters. The second kappa shape index (κ2) is 10.6. The number of carbonyl (C=O) groups excluding carboxylic acids is 1. The van der Waals surface area contributed by atoms with E-state index in [4.69, 9.17) is 11.6 Å². The lowest BCUT2D eigenvalue weighted by Crippen LogP contribution is -2.27. The van der Waals surface area contributed by atoms with Crippen LogP contribution in [0.1, 0.15) is 0 Å². The van der Waals surface area contributed by atoms with Crippen LogP contribution in [0.2, 0.25) is 5.02 Å². The maximum Gasteiger partial charge on any atom is 0.230 e. The lowest BCUT2D eigenvalue weighted by atomic mass is 10.4. The Kier molecular flexibility index (Phi) is 8.44. The van der Waals surface area contributed by atoms with Crippen LogP contribution in [0.15, 0.2) is 46.2 Å². The normalized spacial score (nSPS) is 10.4. The van der Waals surface area contributed by atoms with Crippen molar-refractivity contribution >= 4 is 57.5 Å². The third-order valence-electron chi connectivity index (χ3n) is 2.64. The highest BCUT2D eigenvalue weighted by Crippen LogP contribution is 2.25. The molecule has 2 N–H and O–H groups in total. The zero-order valence-electron chi connectivity index (χ0n) is 12.8. The molecule has 1 amide bonds. The Morgan fingerprint density at radius 3 is 2.83 bits per heavy atom. The van der Waals surface area contributed by atoms with Gasteiger partial charge in [-0.3, -0.25) is 4.79 Å². The minimum Gasteiger partial charge on any atom is -0.357 e. The second-order valence-corrected chi connectivity index (χ2v) is 8.29. The van der Waals surface area contributed by atoms with Gasteiger partial charge in [-0.1, -0.05) is 40.8 Å². The summed E-state index contributed by atoms with van der Waals surface area (Å²) in [5.41, 5.74) is 0. The molecule has 0 aliphatic heterocycles. The smallest absolute Gasteiger partial charge is 0.230 e. The molecule has 5 nitrogen and oxygen atoms in total. The van der Waals surface area contributed by atoms with E-state index in [1.807, 2.05) is 24.3 Å². The fourth-order valence-electron chi connectivity index (χ4n) is 1.57. The molecule has 1 aromatic heterocycles. The van der Waals surface area contributed by atoms with Crippen molar-refractivity contribution in [3.05, 3.63) is 41.9 Å². The Balaban J connectivity index is 1.60. The number of nitrogens with one attached hydrogen (secondary N) is 2. The van der Waals surface area contributed by atoms with Crippen LogP contribution in [0.3, 0.4) is 0 Å².